The summed E-state index contributed by atoms with van der Waals surface area (Å²) in [6.07, 6.45) is 2.87. The van der Waals surface area contributed by atoms with E-state index in [-0.39, 0.29) is 29.6 Å². The largest absolute Gasteiger partial charge is 0.543 e. The standard InChI is InChI=1S/C19H28O9/c1-6-8-9-13(7-2)12-25-19(21)27-28-26-18(20)14-10-15(22-3)17(24-5)16(11-14)23-4/h10-11,13H,6-9,12H2,1-5H3. The van der Waals surface area contributed by atoms with Gasteiger partial charge in [-0.3, -0.25) is 4.89 Å². The van der Waals surface area contributed by atoms with Crippen molar-refractivity contribution in [2.45, 2.75) is 39.5 Å². The number of benzene rings is 1. The van der Waals surface area contributed by atoms with Gasteiger partial charge < -0.3 is 18.9 Å². The summed E-state index contributed by atoms with van der Waals surface area (Å²) in [5.74, 6) is 0.144. The molecule has 0 aliphatic heterocycles. The van der Waals surface area contributed by atoms with Crippen molar-refractivity contribution in [3.05, 3.63) is 17.7 Å². The quantitative estimate of drug-likeness (QED) is 0.292. The molecule has 0 saturated heterocycles. The van der Waals surface area contributed by atoms with Crippen LogP contribution in [0.4, 0.5) is 4.79 Å². The minimum atomic E-state index is -1.09. The number of carbonyl (C=O) groups is 2. The molecule has 9 nitrogen and oxygen atoms in total. The monoisotopic (exact) mass is 400 g/mol. The zero-order chi connectivity index (χ0) is 20.9. The zero-order valence-corrected chi connectivity index (χ0v) is 16.9. The van der Waals surface area contributed by atoms with E-state index in [1.54, 1.807) is 0 Å². The second-order valence-corrected chi connectivity index (χ2v) is 5.91. The maximum atomic E-state index is 12.1. The molecule has 0 aliphatic carbocycles. The molecule has 1 aromatic carbocycles. The van der Waals surface area contributed by atoms with E-state index in [1.807, 2.05) is 6.92 Å². The molecule has 0 fully saturated rings. The van der Waals surface area contributed by atoms with E-state index in [2.05, 4.69) is 21.7 Å². The van der Waals surface area contributed by atoms with Gasteiger partial charge in [-0.25, -0.2) is 14.5 Å². The minimum absolute atomic E-state index is 0.0390. The van der Waals surface area contributed by atoms with Crippen LogP contribution in [0.25, 0.3) is 0 Å². The third-order valence-corrected chi connectivity index (χ3v) is 4.09. The van der Waals surface area contributed by atoms with Crippen LogP contribution in [0.15, 0.2) is 12.1 Å². The van der Waals surface area contributed by atoms with Crippen LogP contribution in [0, 0.1) is 5.92 Å². The molecule has 0 N–H and O–H groups in total. The highest BCUT2D eigenvalue weighted by Crippen LogP contribution is 2.38. The molecule has 28 heavy (non-hydrogen) atoms. The summed E-state index contributed by atoms with van der Waals surface area (Å²) in [6.45, 7) is 4.32. The van der Waals surface area contributed by atoms with Crippen LogP contribution in [-0.2, 0) is 19.6 Å². The first kappa shape index (κ1) is 23.4. The number of hydrogen-bond donors (Lipinski definition) is 0. The van der Waals surface area contributed by atoms with Gasteiger partial charge >= 0.3 is 12.1 Å². The molecule has 0 heterocycles. The SMILES string of the molecule is CCCCC(CC)COC(=O)OOOC(=O)c1cc(OC)c(OC)c(OC)c1. The van der Waals surface area contributed by atoms with Gasteiger partial charge in [-0.2, -0.15) is 0 Å². The summed E-state index contributed by atoms with van der Waals surface area (Å²) >= 11 is 0. The van der Waals surface area contributed by atoms with Crippen molar-refractivity contribution in [2.24, 2.45) is 5.92 Å². The third-order valence-electron chi connectivity index (χ3n) is 4.09. The summed E-state index contributed by atoms with van der Waals surface area (Å²) < 4.78 is 20.4. The van der Waals surface area contributed by atoms with Gasteiger partial charge in [0, 0.05) is 0 Å². The van der Waals surface area contributed by atoms with Crippen LogP contribution >= 0.6 is 0 Å². The van der Waals surface area contributed by atoms with Gasteiger partial charge in [-0.1, -0.05) is 33.1 Å². The van der Waals surface area contributed by atoms with Gasteiger partial charge in [-0.15, -0.1) is 0 Å². The smallest absolute Gasteiger partial charge is 0.493 e. The molecule has 0 aliphatic rings. The normalized spacial score (nSPS) is 11.3. The highest BCUT2D eigenvalue weighted by Gasteiger charge is 2.20. The lowest BCUT2D eigenvalue weighted by molar-refractivity contribution is -0.452. The van der Waals surface area contributed by atoms with E-state index in [1.165, 1.54) is 33.5 Å². The van der Waals surface area contributed by atoms with Crippen LogP contribution in [0.1, 0.15) is 49.9 Å². The Labute approximate surface area is 164 Å². The summed E-state index contributed by atoms with van der Waals surface area (Å²) in [5, 5.41) is 4.23. The Morgan fingerprint density at radius 3 is 2.11 bits per heavy atom. The molecule has 1 rings (SSSR count). The molecule has 158 valence electrons. The number of hydrogen-bond acceptors (Lipinski definition) is 9. The molecule has 0 spiro atoms. The van der Waals surface area contributed by atoms with Crippen LogP contribution in [-0.4, -0.2) is 40.1 Å². The Morgan fingerprint density at radius 1 is 0.964 bits per heavy atom. The first-order chi connectivity index (χ1) is 13.5. The van der Waals surface area contributed by atoms with Gasteiger partial charge in [0.1, 0.15) is 0 Å². The van der Waals surface area contributed by atoms with Crippen LogP contribution in [0.2, 0.25) is 0 Å². The summed E-state index contributed by atoms with van der Waals surface area (Å²) in [5.41, 5.74) is 0.0390. The first-order valence-electron chi connectivity index (χ1n) is 9.02. The zero-order valence-electron chi connectivity index (χ0n) is 16.9. The van der Waals surface area contributed by atoms with E-state index in [0.29, 0.717) is 5.75 Å². The number of methoxy groups -OCH3 is 3. The van der Waals surface area contributed by atoms with Crippen LogP contribution in [0.5, 0.6) is 17.2 Å². The van der Waals surface area contributed by atoms with Gasteiger partial charge in [0.25, 0.3) is 0 Å². The molecule has 9 heteroatoms. The van der Waals surface area contributed by atoms with Gasteiger partial charge in [0.15, 0.2) is 11.5 Å². The molecular weight excluding hydrogens is 372 g/mol. The van der Waals surface area contributed by atoms with Crippen molar-refractivity contribution < 1.29 is 43.3 Å². The number of unbranched alkanes of at least 4 members (excludes halogenated alkanes) is 1. The molecule has 0 radical (unpaired) electrons. The Bertz CT molecular complexity index is 605. The summed E-state index contributed by atoms with van der Waals surface area (Å²) in [4.78, 5) is 32.3. The average molecular weight is 400 g/mol. The number of rotatable bonds is 12. The lowest BCUT2D eigenvalue weighted by Crippen LogP contribution is -2.16. The maximum Gasteiger partial charge on any atom is 0.543 e. The molecule has 0 amide bonds. The van der Waals surface area contributed by atoms with Crippen molar-refractivity contribution in [1.29, 1.82) is 0 Å². The predicted octanol–water partition coefficient (Wildman–Crippen LogP) is 4.09. The highest BCUT2D eigenvalue weighted by atomic mass is 17.5. The van der Waals surface area contributed by atoms with Gasteiger partial charge in [0.05, 0.1) is 38.5 Å². The highest BCUT2D eigenvalue weighted by molar-refractivity contribution is 5.90. The van der Waals surface area contributed by atoms with Crippen molar-refractivity contribution in [1.82, 2.24) is 0 Å². The Morgan fingerprint density at radius 2 is 1.61 bits per heavy atom. The van der Waals surface area contributed by atoms with Crippen molar-refractivity contribution in [3.63, 3.8) is 0 Å². The Hall–Kier alpha value is -2.68. The maximum absolute atomic E-state index is 12.1. The van der Waals surface area contributed by atoms with E-state index >= 15 is 0 Å². The molecule has 0 saturated carbocycles. The Balaban J connectivity index is 2.53. The molecule has 1 unspecified atom stereocenters. The number of ether oxygens (including phenoxy) is 4. The summed E-state index contributed by atoms with van der Waals surface area (Å²) in [7, 11) is 4.25. The third kappa shape index (κ3) is 7.15. The topological polar surface area (TPSA) is 98.8 Å². The summed E-state index contributed by atoms with van der Waals surface area (Å²) in [6, 6.07) is 2.73. The second-order valence-electron chi connectivity index (χ2n) is 5.91. The fourth-order valence-corrected chi connectivity index (χ4v) is 2.43. The first-order valence-corrected chi connectivity index (χ1v) is 9.02. The van der Waals surface area contributed by atoms with Crippen molar-refractivity contribution >= 4 is 12.1 Å². The van der Waals surface area contributed by atoms with E-state index in [4.69, 9.17) is 18.9 Å². The second kappa shape index (κ2) is 12.7. The fourth-order valence-electron chi connectivity index (χ4n) is 2.43. The molecule has 0 bridgehead atoms. The molecular formula is C19H28O9. The minimum Gasteiger partial charge on any atom is -0.493 e. The van der Waals surface area contributed by atoms with Gasteiger partial charge in [-0.05, 0) is 24.5 Å². The van der Waals surface area contributed by atoms with Crippen LogP contribution in [0.3, 0.4) is 0 Å². The lowest BCUT2D eigenvalue weighted by Gasteiger charge is -2.14. The van der Waals surface area contributed by atoms with Crippen LogP contribution < -0.4 is 14.2 Å². The van der Waals surface area contributed by atoms with Gasteiger partial charge in [0.2, 0.25) is 5.75 Å². The molecule has 1 atom stereocenters. The van der Waals surface area contributed by atoms with E-state index < -0.39 is 12.1 Å². The molecule has 1 aromatic rings. The van der Waals surface area contributed by atoms with E-state index in [9.17, 15) is 9.59 Å². The van der Waals surface area contributed by atoms with E-state index in [0.717, 1.165) is 25.7 Å². The lowest BCUT2D eigenvalue weighted by atomic mass is 10.0. The Kier molecular flexibility index (Phi) is 10.6. The number of carbonyl (C=O) groups excluding carboxylic acids is 2. The van der Waals surface area contributed by atoms with Crippen molar-refractivity contribution in [2.75, 3.05) is 27.9 Å². The molecule has 0 aromatic heterocycles. The predicted molar refractivity (Wildman–Crippen MR) is 98.3 cm³/mol. The average Bonchev–Trinajstić information content (AvgIpc) is 2.72. The fraction of sp³-hybridized carbons (Fsp3) is 0.579. The van der Waals surface area contributed by atoms with Crippen molar-refractivity contribution in [3.8, 4) is 17.2 Å².